The van der Waals surface area contributed by atoms with E-state index in [-0.39, 0.29) is 28.7 Å². The first kappa shape index (κ1) is 25.0. The van der Waals surface area contributed by atoms with Crippen LogP contribution in [0.2, 0.25) is 0 Å². The van der Waals surface area contributed by atoms with Gasteiger partial charge in [0.25, 0.3) is 5.69 Å². The Bertz CT molecular complexity index is 1490. The first-order valence-electron chi connectivity index (χ1n) is 12.2. The largest absolute Gasteiger partial charge is 0.341 e. The van der Waals surface area contributed by atoms with E-state index in [1.807, 2.05) is 17.5 Å². The third kappa shape index (κ3) is 4.09. The number of thiophene rings is 1. The lowest BCUT2D eigenvalue weighted by Gasteiger charge is -2.30. The zero-order chi connectivity index (χ0) is 26.6. The van der Waals surface area contributed by atoms with E-state index in [0.717, 1.165) is 40.4 Å². The zero-order valence-electron chi connectivity index (χ0n) is 20.0. The fourth-order valence-electron chi connectivity index (χ4n) is 5.39. The van der Waals surface area contributed by atoms with Crippen LogP contribution >= 0.6 is 34.4 Å². The van der Waals surface area contributed by atoms with Crippen molar-refractivity contribution >= 4 is 63.5 Å². The average Bonchev–Trinajstić information content (AvgIpc) is 3.62. The van der Waals surface area contributed by atoms with Gasteiger partial charge in [-0.3, -0.25) is 33.9 Å². The Balaban J connectivity index is 1.39. The van der Waals surface area contributed by atoms with Crippen molar-refractivity contribution in [3.8, 4) is 0 Å². The normalized spacial score (nSPS) is 22.9. The molecular weight excluding hydrogens is 548 g/mol. The number of aromatic nitrogens is 1. The lowest BCUT2D eigenvalue weighted by atomic mass is 9.87. The van der Waals surface area contributed by atoms with Gasteiger partial charge in [-0.25, -0.2) is 4.90 Å². The maximum absolute atomic E-state index is 13.8. The van der Waals surface area contributed by atoms with Crippen LogP contribution in [0.1, 0.15) is 34.9 Å². The Morgan fingerprint density at radius 3 is 2.42 bits per heavy atom. The van der Waals surface area contributed by atoms with Gasteiger partial charge < -0.3 is 4.90 Å². The molecule has 0 saturated carbocycles. The van der Waals surface area contributed by atoms with E-state index in [9.17, 15) is 29.3 Å². The standard InChI is InChI=1S/C25H22N4O6S3/c30-17(26-10-2-1-3-11-26)13-27-24-21(38-25(27)33)18(16-5-4-12-36-16)19-20(37-24)23(32)28(22(19)31)14-6-8-15(9-7-14)29(34)35/h4-9,12,18-20H,1-3,10-11,13H2/t18-,19+,20-/m0/s1. The molecule has 0 aliphatic carbocycles. The number of thioether (sulfide) groups is 1. The zero-order valence-corrected chi connectivity index (χ0v) is 22.4. The van der Waals surface area contributed by atoms with E-state index < -0.39 is 33.8 Å². The summed E-state index contributed by atoms with van der Waals surface area (Å²) in [6.07, 6.45) is 2.97. The molecule has 0 spiro atoms. The van der Waals surface area contributed by atoms with E-state index in [4.69, 9.17) is 0 Å². The number of thiazole rings is 1. The number of carbonyl (C=O) groups is 3. The third-order valence-corrected chi connectivity index (χ3v) is 10.8. The predicted octanol–water partition coefficient (Wildman–Crippen LogP) is 3.69. The van der Waals surface area contributed by atoms with Crippen molar-refractivity contribution in [2.75, 3.05) is 18.0 Å². The SMILES string of the molecule is O=C(Cn1c2c(sc1=O)[C@@H](c1cccs1)[C@H]1C(=O)N(c3ccc([N+](=O)[O-])cc3)C(=O)[C@H]1S2)N1CCCCC1. The smallest absolute Gasteiger partial charge is 0.308 e. The van der Waals surface area contributed by atoms with Gasteiger partial charge in [0.1, 0.15) is 11.8 Å². The summed E-state index contributed by atoms with van der Waals surface area (Å²) in [5, 5.41) is 12.7. The number of nitro groups is 1. The Hall–Kier alpha value is -3.29. The summed E-state index contributed by atoms with van der Waals surface area (Å²) in [5.41, 5.74) is 0.132. The molecule has 2 aromatic heterocycles. The van der Waals surface area contributed by atoms with Crippen LogP contribution in [-0.4, -0.2) is 50.5 Å². The van der Waals surface area contributed by atoms with E-state index in [1.54, 1.807) is 4.90 Å². The molecular formula is C25H22N4O6S3. The highest BCUT2D eigenvalue weighted by molar-refractivity contribution is 8.00. The lowest BCUT2D eigenvalue weighted by molar-refractivity contribution is -0.384. The Morgan fingerprint density at radius 1 is 1.03 bits per heavy atom. The molecule has 5 heterocycles. The van der Waals surface area contributed by atoms with E-state index in [2.05, 4.69) is 0 Å². The molecule has 3 atom stereocenters. The summed E-state index contributed by atoms with van der Waals surface area (Å²) < 4.78 is 1.46. The second-order valence-electron chi connectivity index (χ2n) is 9.41. The summed E-state index contributed by atoms with van der Waals surface area (Å²) in [7, 11) is 0. The molecule has 0 radical (unpaired) electrons. The fourth-order valence-corrected chi connectivity index (χ4v) is 9.11. The summed E-state index contributed by atoms with van der Waals surface area (Å²) in [4.78, 5) is 68.4. The number of benzene rings is 1. The van der Waals surface area contributed by atoms with Gasteiger partial charge in [0.15, 0.2) is 0 Å². The minimum absolute atomic E-state index is 0.0968. The number of nitro benzene ring substituents is 1. The molecule has 13 heteroatoms. The molecule has 0 unspecified atom stereocenters. The van der Waals surface area contributed by atoms with Gasteiger partial charge in [-0.2, -0.15) is 0 Å². The van der Waals surface area contributed by atoms with E-state index >= 15 is 0 Å². The van der Waals surface area contributed by atoms with Crippen molar-refractivity contribution in [2.45, 2.75) is 42.0 Å². The molecule has 196 valence electrons. The van der Waals surface area contributed by atoms with Crippen molar-refractivity contribution in [1.82, 2.24) is 9.47 Å². The van der Waals surface area contributed by atoms with Gasteiger partial charge in [-0.1, -0.05) is 29.2 Å². The van der Waals surface area contributed by atoms with E-state index in [0.29, 0.717) is 23.0 Å². The van der Waals surface area contributed by atoms with Gasteiger partial charge in [-0.05, 0) is 42.8 Å². The number of rotatable bonds is 5. The molecule has 0 bridgehead atoms. The summed E-state index contributed by atoms with van der Waals surface area (Å²) in [6, 6.07) is 9.10. The molecule has 2 fully saturated rings. The maximum atomic E-state index is 13.8. The second kappa shape index (κ2) is 9.79. The number of hydrogen-bond donors (Lipinski definition) is 0. The molecule has 10 nitrogen and oxygen atoms in total. The number of hydrogen-bond acceptors (Lipinski definition) is 9. The highest BCUT2D eigenvalue weighted by Crippen LogP contribution is 2.54. The number of amides is 3. The average molecular weight is 571 g/mol. The van der Waals surface area contributed by atoms with Crippen molar-refractivity contribution in [3.05, 3.63) is 71.3 Å². The van der Waals surface area contributed by atoms with Gasteiger partial charge in [0, 0.05) is 40.9 Å². The van der Waals surface area contributed by atoms with Crippen LogP contribution in [0.4, 0.5) is 11.4 Å². The van der Waals surface area contributed by atoms with Gasteiger partial charge in [-0.15, -0.1) is 11.3 Å². The molecule has 3 aliphatic rings. The summed E-state index contributed by atoms with van der Waals surface area (Å²) in [6.45, 7) is 1.25. The fraction of sp³-hybridized carbons (Fsp3) is 0.360. The minimum atomic E-state index is -0.789. The van der Waals surface area contributed by atoms with Gasteiger partial charge in [0.05, 0.1) is 21.6 Å². The molecule has 3 amide bonds. The Kier molecular flexibility index (Phi) is 6.44. The first-order chi connectivity index (χ1) is 18.3. The molecule has 6 rings (SSSR count). The highest BCUT2D eigenvalue weighted by atomic mass is 32.2. The molecule has 3 aromatic rings. The third-order valence-electron chi connectivity index (χ3n) is 7.22. The number of imide groups is 1. The van der Waals surface area contributed by atoms with Crippen molar-refractivity contribution < 1.29 is 19.3 Å². The van der Waals surface area contributed by atoms with E-state index in [1.165, 1.54) is 51.9 Å². The molecule has 38 heavy (non-hydrogen) atoms. The van der Waals surface area contributed by atoms with Crippen LogP contribution in [0.15, 0.2) is 51.6 Å². The van der Waals surface area contributed by atoms with Crippen LogP contribution in [0.5, 0.6) is 0 Å². The van der Waals surface area contributed by atoms with Crippen LogP contribution in [-0.2, 0) is 20.9 Å². The number of fused-ring (bicyclic) bond motifs is 2. The highest BCUT2D eigenvalue weighted by Gasteiger charge is 2.57. The number of anilines is 1. The van der Waals surface area contributed by atoms with Crippen molar-refractivity contribution in [2.24, 2.45) is 5.92 Å². The second-order valence-corrected chi connectivity index (χ2v) is 12.5. The Morgan fingerprint density at radius 2 is 1.76 bits per heavy atom. The van der Waals surface area contributed by atoms with Crippen molar-refractivity contribution in [1.29, 1.82) is 0 Å². The minimum Gasteiger partial charge on any atom is -0.341 e. The van der Waals surface area contributed by atoms with Gasteiger partial charge in [0.2, 0.25) is 17.7 Å². The quantitative estimate of drug-likeness (QED) is 0.260. The number of carbonyl (C=O) groups excluding carboxylic acids is 3. The topological polar surface area (TPSA) is 123 Å². The maximum Gasteiger partial charge on any atom is 0.308 e. The lowest BCUT2D eigenvalue weighted by Crippen LogP contribution is -2.39. The van der Waals surface area contributed by atoms with Crippen LogP contribution in [0.25, 0.3) is 0 Å². The number of piperidine rings is 1. The van der Waals surface area contributed by atoms with Crippen LogP contribution in [0.3, 0.4) is 0 Å². The Labute approximate surface area is 229 Å². The van der Waals surface area contributed by atoms with Gasteiger partial charge >= 0.3 is 4.87 Å². The summed E-state index contributed by atoms with van der Waals surface area (Å²) >= 11 is 3.65. The van der Waals surface area contributed by atoms with Crippen molar-refractivity contribution in [3.63, 3.8) is 0 Å². The number of non-ortho nitro benzene ring substituents is 1. The molecule has 3 aliphatic heterocycles. The number of likely N-dealkylation sites (tertiary alicyclic amines) is 1. The first-order valence-corrected chi connectivity index (χ1v) is 14.8. The predicted molar refractivity (Wildman–Crippen MR) is 144 cm³/mol. The number of nitrogens with zero attached hydrogens (tertiary/aromatic N) is 4. The monoisotopic (exact) mass is 570 g/mol. The summed E-state index contributed by atoms with van der Waals surface area (Å²) in [5.74, 6) is -2.19. The molecule has 0 N–H and O–H groups in total. The molecule has 2 saturated heterocycles. The van der Waals surface area contributed by atoms with Crippen LogP contribution < -0.4 is 9.77 Å². The molecule has 1 aromatic carbocycles. The van der Waals surface area contributed by atoms with Crippen LogP contribution in [0, 0.1) is 16.0 Å².